The van der Waals surface area contributed by atoms with Gasteiger partial charge in [0.1, 0.15) is 5.69 Å². The van der Waals surface area contributed by atoms with Crippen LogP contribution in [0.2, 0.25) is 0 Å². The molecule has 5 rings (SSSR count). The zero-order valence-corrected chi connectivity index (χ0v) is 18.0. The van der Waals surface area contributed by atoms with E-state index in [9.17, 15) is 0 Å². The second-order valence-corrected chi connectivity index (χ2v) is 8.68. The third-order valence-electron chi connectivity index (χ3n) is 5.83. The molecule has 4 aromatic rings. The van der Waals surface area contributed by atoms with E-state index in [0.717, 1.165) is 54.6 Å². The first-order valence-corrected chi connectivity index (χ1v) is 10.9. The van der Waals surface area contributed by atoms with E-state index in [1.54, 1.807) is 6.20 Å². The number of piperidine rings is 1. The average Bonchev–Trinajstić information content (AvgIpc) is 3.42. The van der Waals surface area contributed by atoms with Gasteiger partial charge in [-0.2, -0.15) is 5.10 Å². The molecule has 8 nitrogen and oxygen atoms in total. The lowest BCUT2D eigenvalue weighted by Crippen LogP contribution is -2.29. The van der Waals surface area contributed by atoms with Gasteiger partial charge >= 0.3 is 0 Å². The number of nitrogens with two attached hydrogens (primary N) is 1. The minimum Gasteiger partial charge on any atom is -0.382 e. The topological polar surface area (TPSA) is 110 Å². The third-order valence-corrected chi connectivity index (χ3v) is 5.83. The number of nitrogens with one attached hydrogen (secondary N) is 2. The van der Waals surface area contributed by atoms with E-state index in [1.165, 1.54) is 5.56 Å². The summed E-state index contributed by atoms with van der Waals surface area (Å²) >= 11 is 0. The van der Waals surface area contributed by atoms with Crippen molar-refractivity contribution in [2.45, 2.75) is 39.2 Å². The van der Waals surface area contributed by atoms with E-state index in [0.29, 0.717) is 29.3 Å². The summed E-state index contributed by atoms with van der Waals surface area (Å²) in [5, 5.41) is 7.97. The number of anilines is 1. The third kappa shape index (κ3) is 3.90. The van der Waals surface area contributed by atoms with Crippen molar-refractivity contribution in [2.75, 3.05) is 18.8 Å². The normalized spacial score (nSPS) is 15.2. The zero-order chi connectivity index (χ0) is 21.4. The fraction of sp³-hybridized carbons (Fsp3) is 0.391. The van der Waals surface area contributed by atoms with Crippen molar-refractivity contribution in [1.82, 2.24) is 35.0 Å². The maximum atomic E-state index is 6.20. The molecule has 8 heteroatoms. The molecule has 31 heavy (non-hydrogen) atoms. The Morgan fingerprint density at radius 1 is 1.16 bits per heavy atom. The van der Waals surface area contributed by atoms with Gasteiger partial charge in [-0.1, -0.05) is 26.0 Å². The van der Waals surface area contributed by atoms with Gasteiger partial charge in [-0.3, -0.25) is 4.68 Å². The minimum absolute atomic E-state index is 0.360. The van der Waals surface area contributed by atoms with Gasteiger partial charge in [-0.05, 0) is 49.9 Å². The van der Waals surface area contributed by atoms with Gasteiger partial charge in [0.15, 0.2) is 11.6 Å². The number of benzene rings is 1. The van der Waals surface area contributed by atoms with Crippen LogP contribution in [0.4, 0.5) is 5.82 Å². The van der Waals surface area contributed by atoms with Crippen LogP contribution in [0.15, 0.2) is 36.8 Å². The predicted molar refractivity (Wildman–Crippen MR) is 122 cm³/mol. The monoisotopic (exact) mass is 416 g/mol. The number of fused-ring (bicyclic) bond motifs is 1. The van der Waals surface area contributed by atoms with Crippen LogP contribution in [0.3, 0.4) is 0 Å². The number of aromatic nitrogens is 6. The highest BCUT2D eigenvalue weighted by Gasteiger charge is 2.18. The van der Waals surface area contributed by atoms with Gasteiger partial charge in [0.2, 0.25) is 0 Å². The number of hydrogen-bond donors (Lipinski definition) is 3. The Morgan fingerprint density at radius 2 is 2.00 bits per heavy atom. The molecule has 1 aliphatic heterocycles. The summed E-state index contributed by atoms with van der Waals surface area (Å²) in [6.45, 7) is 6.47. The van der Waals surface area contributed by atoms with E-state index in [2.05, 4.69) is 52.6 Å². The first-order chi connectivity index (χ1) is 15.1. The van der Waals surface area contributed by atoms with Crippen LogP contribution < -0.4 is 11.1 Å². The SMILES string of the molecule is CC(C)Cc1cccc2[nH]c(-c3nc(-c4cnn(C5CCNCC5)c4)cnc3N)nc12. The van der Waals surface area contributed by atoms with Crippen LogP contribution >= 0.6 is 0 Å². The number of nitrogens with zero attached hydrogens (tertiary/aromatic N) is 5. The highest BCUT2D eigenvalue weighted by molar-refractivity contribution is 5.83. The summed E-state index contributed by atoms with van der Waals surface area (Å²) in [7, 11) is 0. The zero-order valence-electron chi connectivity index (χ0n) is 18.0. The van der Waals surface area contributed by atoms with Gasteiger partial charge in [0, 0.05) is 11.8 Å². The smallest absolute Gasteiger partial charge is 0.161 e. The summed E-state index contributed by atoms with van der Waals surface area (Å²) in [4.78, 5) is 17.4. The number of nitrogen functional groups attached to an aromatic ring is 1. The van der Waals surface area contributed by atoms with Gasteiger partial charge in [-0.15, -0.1) is 0 Å². The summed E-state index contributed by atoms with van der Waals surface area (Å²) in [5.74, 6) is 1.55. The molecule has 0 unspecified atom stereocenters. The number of H-pyrrole nitrogens is 1. The lowest BCUT2D eigenvalue weighted by molar-refractivity contribution is 0.343. The summed E-state index contributed by atoms with van der Waals surface area (Å²) < 4.78 is 2.05. The van der Waals surface area contributed by atoms with Crippen LogP contribution in [0, 0.1) is 5.92 Å². The average molecular weight is 417 g/mol. The minimum atomic E-state index is 0.360. The highest BCUT2D eigenvalue weighted by Crippen LogP contribution is 2.28. The summed E-state index contributed by atoms with van der Waals surface area (Å²) in [6, 6.07) is 6.65. The molecule has 4 N–H and O–H groups in total. The Bertz CT molecular complexity index is 1200. The number of para-hydroxylation sites is 1. The lowest BCUT2D eigenvalue weighted by atomic mass is 10.0. The summed E-state index contributed by atoms with van der Waals surface area (Å²) in [5.41, 5.74) is 11.6. The largest absolute Gasteiger partial charge is 0.382 e. The van der Waals surface area contributed by atoms with Crippen LogP contribution in [-0.4, -0.2) is 42.8 Å². The number of aromatic amines is 1. The maximum absolute atomic E-state index is 6.20. The van der Waals surface area contributed by atoms with Crippen LogP contribution in [-0.2, 0) is 6.42 Å². The van der Waals surface area contributed by atoms with Crippen molar-refractivity contribution in [1.29, 1.82) is 0 Å². The Morgan fingerprint density at radius 3 is 2.81 bits per heavy atom. The molecule has 1 saturated heterocycles. The highest BCUT2D eigenvalue weighted by atomic mass is 15.3. The molecular formula is C23H28N8. The van der Waals surface area contributed by atoms with Crippen molar-refractivity contribution >= 4 is 16.9 Å². The van der Waals surface area contributed by atoms with E-state index in [4.69, 9.17) is 15.7 Å². The molecule has 1 aromatic carbocycles. The Balaban J connectivity index is 1.50. The predicted octanol–water partition coefficient (Wildman–Crippen LogP) is 3.59. The number of hydrogen-bond acceptors (Lipinski definition) is 6. The van der Waals surface area contributed by atoms with Crippen molar-refractivity contribution < 1.29 is 0 Å². The number of imidazole rings is 1. The quantitative estimate of drug-likeness (QED) is 0.459. The summed E-state index contributed by atoms with van der Waals surface area (Å²) in [6.07, 6.45) is 8.74. The molecule has 160 valence electrons. The first-order valence-electron chi connectivity index (χ1n) is 10.9. The van der Waals surface area contributed by atoms with Gasteiger partial charge in [-0.25, -0.2) is 15.0 Å². The van der Waals surface area contributed by atoms with Gasteiger partial charge < -0.3 is 16.0 Å². The van der Waals surface area contributed by atoms with Crippen molar-refractivity contribution in [3.05, 3.63) is 42.4 Å². The van der Waals surface area contributed by atoms with Crippen LogP contribution in [0.5, 0.6) is 0 Å². The van der Waals surface area contributed by atoms with Gasteiger partial charge in [0.25, 0.3) is 0 Å². The molecule has 3 aromatic heterocycles. The molecule has 1 aliphatic rings. The van der Waals surface area contributed by atoms with Crippen molar-refractivity contribution in [2.24, 2.45) is 5.92 Å². The molecule has 0 aliphatic carbocycles. The lowest BCUT2D eigenvalue weighted by Gasteiger charge is -2.22. The standard InChI is InChI=1S/C23H28N8/c1-14(2)10-15-4-3-5-18-20(15)30-23(29-18)21-22(24)26-12-19(28-21)16-11-27-31(13-16)17-6-8-25-9-7-17/h3-5,11-14,17,25H,6-10H2,1-2H3,(H2,24,26)(H,29,30). The van der Waals surface area contributed by atoms with Crippen LogP contribution in [0.1, 0.15) is 38.3 Å². The fourth-order valence-electron chi connectivity index (χ4n) is 4.26. The Labute approximate surface area is 181 Å². The second kappa shape index (κ2) is 8.11. The molecular weight excluding hydrogens is 388 g/mol. The number of rotatable bonds is 5. The maximum Gasteiger partial charge on any atom is 0.161 e. The van der Waals surface area contributed by atoms with Crippen LogP contribution in [0.25, 0.3) is 33.8 Å². The Kier molecular flexibility index (Phi) is 5.15. The molecule has 0 amide bonds. The van der Waals surface area contributed by atoms with E-state index in [1.807, 2.05) is 16.9 Å². The Hall–Kier alpha value is -3.26. The molecule has 0 spiro atoms. The van der Waals surface area contributed by atoms with Crippen molar-refractivity contribution in [3.8, 4) is 22.8 Å². The molecule has 0 radical (unpaired) electrons. The second-order valence-electron chi connectivity index (χ2n) is 8.68. The van der Waals surface area contributed by atoms with E-state index >= 15 is 0 Å². The first kappa shape index (κ1) is 19.7. The van der Waals surface area contributed by atoms with E-state index < -0.39 is 0 Å². The molecule has 0 bridgehead atoms. The molecule has 1 fully saturated rings. The van der Waals surface area contributed by atoms with Gasteiger partial charge in [0.05, 0.1) is 35.2 Å². The van der Waals surface area contributed by atoms with Crippen molar-refractivity contribution in [3.63, 3.8) is 0 Å². The molecule has 0 saturated carbocycles. The van der Waals surface area contributed by atoms with E-state index in [-0.39, 0.29) is 0 Å². The molecule has 4 heterocycles. The molecule has 0 atom stereocenters. The fourth-order valence-corrected chi connectivity index (χ4v) is 4.26.